The van der Waals surface area contributed by atoms with Crippen LogP contribution < -0.4 is 0 Å². The monoisotopic (exact) mass is 364 g/mol. The molecule has 2 amide bonds. The van der Waals surface area contributed by atoms with Crippen LogP contribution in [0.4, 0.5) is 0 Å². The van der Waals surface area contributed by atoms with Gasteiger partial charge in [0.05, 0.1) is 0 Å². The van der Waals surface area contributed by atoms with E-state index in [1.807, 2.05) is 34.1 Å². The molecule has 1 aliphatic heterocycles. The Morgan fingerprint density at radius 2 is 1.45 bits per heavy atom. The van der Waals surface area contributed by atoms with E-state index >= 15 is 0 Å². The molecule has 5 heteroatoms. The van der Waals surface area contributed by atoms with Gasteiger partial charge in [-0.3, -0.25) is 9.59 Å². The Balaban J connectivity index is 1.56. The Kier molecular flexibility index (Phi) is 4.81. The van der Waals surface area contributed by atoms with Gasteiger partial charge in [0.15, 0.2) is 0 Å². The summed E-state index contributed by atoms with van der Waals surface area (Å²) < 4.78 is 0.969. The minimum atomic E-state index is 0.0560. The van der Waals surface area contributed by atoms with Gasteiger partial charge in [0.1, 0.15) is 0 Å². The third-order valence-electron chi connectivity index (χ3n) is 4.67. The maximum Gasteiger partial charge on any atom is 0.253 e. The number of rotatable bonds is 2. The zero-order valence-corrected chi connectivity index (χ0v) is 14.2. The van der Waals surface area contributed by atoms with Crippen LogP contribution >= 0.6 is 15.9 Å². The fraction of sp³-hybridized carbons (Fsp3) is 0.529. The van der Waals surface area contributed by atoms with Gasteiger partial charge in [-0.25, -0.2) is 0 Å². The first kappa shape index (κ1) is 15.5. The van der Waals surface area contributed by atoms with Crippen LogP contribution in [-0.4, -0.2) is 47.8 Å². The van der Waals surface area contributed by atoms with E-state index in [1.165, 1.54) is 12.8 Å². The molecular formula is C17H21BrN2O2. The molecular weight excluding hydrogens is 344 g/mol. The Morgan fingerprint density at radius 3 is 2.05 bits per heavy atom. The fourth-order valence-electron chi connectivity index (χ4n) is 3.34. The van der Waals surface area contributed by atoms with E-state index in [1.54, 1.807) is 0 Å². The number of halogens is 1. The molecule has 1 saturated heterocycles. The molecule has 0 aromatic heterocycles. The maximum absolute atomic E-state index is 12.5. The summed E-state index contributed by atoms with van der Waals surface area (Å²) in [6.07, 6.45) is 4.44. The second-order valence-corrected chi connectivity index (χ2v) is 7.02. The lowest BCUT2D eigenvalue weighted by Gasteiger charge is -2.36. The van der Waals surface area contributed by atoms with Crippen molar-refractivity contribution >= 4 is 27.7 Å². The molecule has 4 nitrogen and oxygen atoms in total. The number of hydrogen-bond donors (Lipinski definition) is 0. The normalized spacial score (nSPS) is 19.5. The molecule has 1 heterocycles. The van der Waals surface area contributed by atoms with Crippen LogP contribution in [0.3, 0.4) is 0 Å². The van der Waals surface area contributed by atoms with Gasteiger partial charge in [-0.15, -0.1) is 0 Å². The average Bonchev–Trinajstić information content (AvgIpc) is 3.09. The molecule has 0 unspecified atom stereocenters. The molecule has 2 aliphatic rings. The smallest absolute Gasteiger partial charge is 0.253 e. The zero-order chi connectivity index (χ0) is 15.5. The van der Waals surface area contributed by atoms with E-state index in [9.17, 15) is 9.59 Å². The highest BCUT2D eigenvalue weighted by Crippen LogP contribution is 2.27. The maximum atomic E-state index is 12.5. The molecule has 1 saturated carbocycles. The lowest BCUT2D eigenvalue weighted by Crippen LogP contribution is -2.51. The Morgan fingerprint density at radius 1 is 0.909 bits per heavy atom. The van der Waals surface area contributed by atoms with Crippen molar-refractivity contribution in [3.8, 4) is 0 Å². The third-order valence-corrected chi connectivity index (χ3v) is 5.20. The molecule has 1 aliphatic carbocycles. The van der Waals surface area contributed by atoms with Gasteiger partial charge in [0.2, 0.25) is 5.91 Å². The number of piperazine rings is 1. The summed E-state index contributed by atoms with van der Waals surface area (Å²) in [7, 11) is 0. The van der Waals surface area contributed by atoms with Crippen LogP contribution in [0, 0.1) is 5.92 Å². The van der Waals surface area contributed by atoms with Crippen LogP contribution in [-0.2, 0) is 4.79 Å². The molecule has 0 spiro atoms. The first-order valence-electron chi connectivity index (χ1n) is 7.99. The standard InChI is InChI=1S/C17H21BrN2O2/c18-15-7-5-14(6-8-15)17(22)20-11-9-19(10-12-20)16(21)13-3-1-2-4-13/h5-8,13H,1-4,9-12H2. The van der Waals surface area contributed by atoms with Gasteiger partial charge in [-0.05, 0) is 37.1 Å². The fourth-order valence-corrected chi connectivity index (χ4v) is 3.60. The quantitative estimate of drug-likeness (QED) is 0.809. The van der Waals surface area contributed by atoms with Gasteiger partial charge in [0.25, 0.3) is 5.91 Å². The Hall–Kier alpha value is -1.36. The number of benzene rings is 1. The van der Waals surface area contributed by atoms with E-state index in [2.05, 4.69) is 15.9 Å². The molecule has 0 radical (unpaired) electrons. The van der Waals surface area contributed by atoms with Crippen LogP contribution in [0.1, 0.15) is 36.0 Å². The molecule has 0 N–H and O–H groups in total. The Labute approximate surface area is 139 Å². The van der Waals surface area contributed by atoms with E-state index in [0.717, 1.165) is 17.3 Å². The van der Waals surface area contributed by atoms with E-state index in [0.29, 0.717) is 37.6 Å². The van der Waals surface area contributed by atoms with Crippen molar-refractivity contribution in [3.63, 3.8) is 0 Å². The van der Waals surface area contributed by atoms with Crippen LogP contribution in [0.15, 0.2) is 28.7 Å². The van der Waals surface area contributed by atoms with Crippen molar-refractivity contribution in [2.45, 2.75) is 25.7 Å². The highest BCUT2D eigenvalue weighted by molar-refractivity contribution is 9.10. The van der Waals surface area contributed by atoms with Gasteiger partial charge >= 0.3 is 0 Å². The summed E-state index contributed by atoms with van der Waals surface area (Å²) in [5.41, 5.74) is 0.707. The summed E-state index contributed by atoms with van der Waals surface area (Å²) in [5, 5.41) is 0. The summed E-state index contributed by atoms with van der Waals surface area (Å²) in [4.78, 5) is 28.6. The molecule has 22 heavy (non-hydrogen) atoms. The van der Waals surface area contributed by atoms with Crippen molar-refractivity contribution in [3.05, 3.63) is 34.3 Å². The summed E-state index contributed by atoms with van der Waals surface area (Å²) in [6, 6.07) is 7.44. The predicted molar refractivity (Wildman–Crippen MR) is 88.6 cm³/mol. The first-order valence-corrected chi connectivity index (χ1v) is 8.78. The first-order chi connectivity index (χ1) is 10.6. The zero-order valence-electron chi connectivity index (χ0n) is 12.6. The SMILES string of the molecule is O=C(c1ccc(Br)cc1)N1CCN(C(=O)C2CCCC2)CC1. The summed E-state index contributed by atoms with van der Waals surface area (Å²) in [6.45, 7) is 2.59. The molecule has 118 valence electrons. The average molecular weight is 365 g/mol. The third kappa shape index (κ3) is 3.35. The molecule has 1 aromatic carbocycles. The van der Waals surface area contributed by atoms with E-state index in [4.69, 9.17) is 0 Å². The number of hydrogen-bond acceptors (Lipinski definition) is 2. The molecule has 0 atom stereocenters. The minimum absolute atomic E-state index is 0.0560. The topological polar surface area (TPSA) is 40.6 Å². The molecule has 1 aromatic rings. The van der Waals surface area contributed by atoms with Crippen LogP contribution in [0.5, 0.6) is 0 Å². The number of carbonyl (C=O) groups excluding carboxylic acids is 2. The molecule has 0 bridgehead atoms. The van der Waals surface area contributed by atoms with Crippen molar-refractivity contribution in [1.82, 2.24) is 9.80 Å². The van der Waals surface area contributed by atoms with E-state index < -0.39 is 0 Å². The van der Waals surface area contributed by atoms with Crippen molar-refractivity contribution < 1.29 is 9.59 Å². The van der Waals surface area contributed by atoms with E-state index in [-0.39, 0.29) is 11.8 Å². The van der Waals surface area contributed by atoms with Crippen LogP contribution in [0.2, 0.25) is 0 Å². The largest absolute Gasteiger partial charge is 0.339 e. The minimum Gasteiger partial charge on any atom is -0.339 e. The Bertz CT molecular complexity index is 544. The van der Waals surface area contributed by atoms with Gasteiger partial charge < -0.3 is 9.80 Å². The van der Waals surface area contributed by atoms with Crippen molar-refractivity contribution in [1.29, 1.82) is 0 Å². The lowest BCUT2D eigenvalue weighted by molar-refractivity contribution is -0.136. The highest BCUT2D eigenvalue weighted by atomic mass is 79.9. The van der Waals surface area contributed by atoms with Gasteiger partial charge in [-0.2, -0.15) is 0 Å². The number of carbonyl (C=O) groups is 2. The predicted octanol–water partition coefficient (Wildman–Crippen LogP) is 2.92. The second kappa shape index (κ2) is 6.82. The lowest BCUT2D eigenvalue weighted by atomic mass is 10.1. The highest BCUT2D eigenvalue weighted by Gasteiger charge is 2.30. The second-order valence-electron chi connectivity index (χ2n) is 6.11. The number of amides is 2. The number of nitrogens with zero attached hydrogens (tertiary/aromatic N) is 2. The molecule has 2 fully saturated rings. The summed E-state index contributed by atoms with van der Waals surface area (Å²) in [5.74, 6) is 0.586. The van der Waals surface area contributed by atoms with Crippen LogP contribution in [0.25, 0.3) is 0 Å². The van der Waals surface area contributed by atoms with Gasteiger partial charge in [-0.1, -0.05) is 28.8 Å². The molecule has 3 rings (SSSR count). The summed E-state index contributed by atoms with van der Waals surface area (Å²) >= 11 is 3.38. The van der Waals surface area contributed by atoms with Crippen molar-refractivity contribution in [2.24, 2.45) is 5.92 Å². The van der Waals surface area contributed by atoms with Gasteiger partial charge in [0, 0.05) is 42.1 Å². The van der Waals surface area contributed by atoms with Crippen molar-refractivity contribution in [2.75, 3.05) is 26.2 Å².